The second-order valence-corrected chi connectivity index (χ2v) is 7.30. The van der Waals surface area contributed by atoms with Crippen LogP contribution in [0.2, 0.25) is 0 Å². The summed E-state index contributed by atoms with van der Waals surface area (Å²) in [4.78, 5) is 39.1. The minimum atomic E-state index is -0.523. The third-order valence-electron chi connectivity index (χ3n) is 5.12. The number of imidazole rings is 1. The highest BCUT2D eigenvalue weighted by Gasteiger charge is 2.10. The van der Waals surface area contributed by atoms with Crippen molar-refractivity contribution in [3.8, 4) is 11.1 Å². The van der Waals surface area contributed by atoms with E-state index in [1.54, 1.807) is 16.7 Å². The minimum Gasteiger partial charge on any atom is -0.464 e. The van der Waals surface area contributed by atoms with Crippen LogP contribution in [-0.2, 0) is 16.1 Å². The topological polar surface area (TPSA) is 93.2 Å². The number of hydrogen-bond donors (Lipinski definition) is 2. The molecular weight excluding hydrogens is 406 g/mol. The summed E-state index contributed by atoms with van der Waals surface area (Å²) in [6.07, 6.45) is 0.488. The molecule has 32 heavy (non-hydrogen) atoms. The van der Waals surface area contributed by atoms with E-state index in [0.717, 1.165) is 22.2 Å². The monoisotopic (exact) mass is 429 g/mol. The van der Waals surface area contributed by atoms with Crippen LogP contribution in [0.25, 0.3) is 22.2 Å². The summed E-state index contributed by atoms with van der Waals surface area (Å²) in [5.74, 6) is -0.863. The average Bonchev–Trinajstić information content (AvgIpc) is 3.16. The third kappa shape index (κ3) is 4.95. The number of rotatable bonds is 8. The van der Waals surface area contributed by atoms with E-state index < -0.39 is 5.97 Å². The van der Waals surface area contributed by atoms with Gasteiger partial charge in [0, 0.05) is 12.1 Å². The van der Waals surface area contributed by atoms with Gasteiger partial charge in [-0.25, -0.2) is 4.79 Å². The first-order valence-electron chi connectivity index (χ1n) is 10.4. The van der Waals surface area contributed by atoms with Gasteiger partial charge in [-0.15, -0.1) is 0 Å². The molecule has 0 aliphatic rings. The van der Waals surface area contributed by atoms with E-state index in [1.165, 1.54) is 0 Å². The fraction of sp³-hybridized carbons (Fsp3) is 0.160. The number of H-pyrrole nitrogens is 1. The van der Waals surface area contributed by atoms with E-state index in [4.69, 9.17) is 4.74 Å². The highest BCUT2D eigenvalue weighted by molar-refractivity contribution is 5.96. The third-order valence-corrected chi connectivity index (χ3v) is 5.12. The van der Waals surface area contributed by atoms with Crippen LogP contribution in [0, 0.1) is 0 Å². The zero-order valence-corrected chi connectivity index (χ0v) is 17.4. The number of aromatic amines is 1. The Morgan fingerprint density at radius 2 is 1.56 bits per heavy atom. The second kappa shape index (κ2) is 9.78. The molecule has 1 heterocycles. The molecule has 0 aliphatic heterocycles. The molecular formula is C25H23N3O4. The van der Waals surface area contributed by atoms with Crippen LogP contribution in [0.1, 0.15) is 16.8 Å². The molecule has 162 valence electrons. The molecule has 0 radical (unpaired) electrons. The van der Waals surface area contributed by atoms with Gasteiger partial charge in [0.05, 0.1) is 17.6 Å². The molecule has 0 unspecified atom stereocenters. The largest absolute Gasteiger partial charge is 0.464 e. The SMILES string of the molecule is O=C(CNC(=O)c1ccc(-c2ccccc2)cc1)OCCCn1c(=O)[nH]c2ccccc21. The number of nitrogens with one attached hydrogen (secondary N) is 2. The molecule has 0 bridgehead atoms. The Bertz CT molecular complexity index is 1270. The van der Waals surface area contributed by atoms with Crippen LogP contribution in [-0.4, -0.2) is 34.6 Å². The highest BCUT2D eigenvalue weighted by atomic mass is 16.5. The average molecular weight is 429 g/mol. The Hall–Kier alpha value is -4.13. The quantitative estimate of drug-likeness (QED) is 0.332. The van der Waals surface area contributed by atoms with E-state index in [1.807, 2.05) is 66.7 Å². The Balaban J connectivity index is 1.21. The van der Waals surface area contributed by atoms with E-state index >= 15 is 0 Å². The van der Waals surface area contributed by atoms with Gasteiger partial charge in [0.1, 0.15) is 6.54 Å². The summed E-state index contributed by atoms with van der Waals surface area (Å²) in [6, 6.07) is 24.5. The van der Waals surface area contributed by atoms with Crippen LogP contribution in [0.3, 0.4) is 0 Å². The summed E-state index contributed by atoms with van der Waals surface area (Å²) in [6.45, 7) is 0.370. The van der Waals surface area contributed by atoms with Gasteiger partial charge >= 0.3 is 11.7 Å². The lowest BCUT2D eigenvalue weighted by atomic mass is 10.0. The molecule has 0 aliphatic carbocycles. The number of aromatic nitrogens is 2. The lowest BCUT2D eigenvalue weighted by Crippen LogP contribution is -2.30. The maximum atomic E-state index is 12.3. The van der Waals surface area contributed by atoms with Crippen molar-refractivity contribution < 1.29 is 14.3 Å². The first-order valence-corrected chi connectivity index (χ1v) is 10.4. The van der Waals surface area contributed by atoms with Gasteiger partial charge in [-0.2, -0.15) is 0 Å². The molecule has 1 aromatic heterocycles. The first kappa shape index (κ1) is 21.1. The molecule has 2 N–H and O–H groups in total. The smallest absolute Gasteiger partial charge is 0.326 e. The summed E-state index contributed by atoms with van der Waals surface area (Å²) >= 11 is 0. The Morgan fingerprint density at radius 3 is 2.34 bits per heavy atom. The summed E-state index contributed by atoms with van der Waals surface area (Å²) in [7, 11) is 0. The van der Waals surface area contributed by atoms with Crippen molar-refractivity contribution in [1.82, 2.24) is 14.9 Å². The standard InChI is InChI=1S/C25H23N3O4/c29-23(32-16-6-15-28-22-10-5-4-9-21(22)27-25(28)31)17-26-24(30)20-13-11-19(12-14-20)18-7-2-1-3-8-18/h1-5,7-14H,6,15-17H2,(H,26,30)(H,27,31). The zero-order valence-electron chi connectivity index (χ0n) is 17.4. The van der Waals surface area contributed by atoms with Gasteiger partial charge in [-0.1, -0.05) is 54.6 Å². The van der Waals surface area contributed by atoms with Crippen LogP contribution in [0.15, 0.2) is 83.7 Å². The van der Waals surface area contributed by atoms with E-state index in [-0.39, 0.29) is 24.7 Å². The molecule has 0 atom stereocenters. The molecule has 0 spiro atoms. The normalized spacial score (nSPS) is 10.8. The number of ether oxygens (including phenoxy) is 1. The van der Waals surface area contributed by atoms with Crippen LogP contribution < -0.4 is 11.0 Å². The Kier molecular flexibility index (Phi) is 6.46. The molecule has 0 saturated carbocycles. The number of esters is 1. The van der Waals surface area contributed by atoms with Crippen LogP contribution in [0.4, 0.5) is 0 Å². The fourth-order valence-corrected chi connectivity index (χ4v) is 3.49. The van der Waals surface area contributed by atoms with Gasteiger partial charge in [0.2, 0.25) is 0 Å². The fourth-order valence-electron chi connectivity index (χ4n) is 3.49. The van der Waals surface area contributed by atoms with Crippen molar-refractivity contribution in [2.75, 3.05) is 13.2 Å². The molecule has 3 aromatic carbocycles. The molecule has 4 rings (SSSR count). The van der Waals surface area contributed by atoms with Crippen LogP contribution in [0.5, 0.6) is 0 Å². The van der Waals surface area contributed by atoms with Gasteiger partial charge in [-0.05, 0) is 41.8 Å². The molecule has 0 saturated heterocycles. The molecule has 4 aromatic rings. The predicted molar refractivity (Wildman–Crippen MR) is 122 cm³/mol. The first-order chi connectivity index (χ1) is 15.6. The van der Waals surface area contributed by atoms with Crippen molar-refractivity contribution in [3.05, 3.63) is 94.9 Å². The van der Waals surface area contributed by atoms with Gasteiger partial charge in [-0.3, -0.25) is 14.2 Å². The number of aryl methyl sites for hydroxylation is 1. The molecule has 0 fully saturated rings. The maximum Gasteiger partial charge on any atom is 0.326 e. The summed E-state index contributed by atoms with van der Waals surface area (Å²) in [5.41, 5.74) is 3.94. The van der Waals surface area contributed by atoms with Crippen molar-refractivity contribution in [2.45, 2.75) is 13.0 Å². The number of hydrogen-bond acceptors (Lipinski definition) is 4. The zero-order chi connectivity index (χ0) is 22.3. The second-order valence-electron chi connectivity index (χ2n) is 7.30. The van der Waals surface area contributed by atoms with Crippen molar-refractivity contribution in [3.63, 3.8) is 0 Å². The number of amides is 1. The Labute approximate surface area is 184 Å². The molecule has 1 amide bonds. The lowest BCUT2D eigenvalue weighted by Gasteiger charge is -2.08. The maximum absolute atomic E-state index is 12.3. The number of carbonyl (C=O) groups excluding carboxylic acids is 2. The van der Waals surface area contributed by atoms with Crippen molar-refractivity contribution in [1.29, 1.82) is 0 Å². The van der Waals surface area contributed by atoms with Crippen LogP contribution >= 0.6 is 0 Å². The van der Waals surface area contributed by atoms with E-state index in [9.17, 15) is 14.4 Å². The highest BCUT2D eigenvalue weighted by Crippen LogP contribution is 2.19. The minimum absolute atomic E-state index is 0.159. The van der Waals surface area contributed by atoms with Gasteiger partial charge in [0.15, 0.2) is 0 Å². The summed E-state index contributed by atoms with van der Waals surface area (Å²) in [5, 5.41) is 2.57. The van der Waals surface area contributed by atoms with Gasteiger partial charge < -0.3 is 15.0 Å². The number of fused-ring (bicyclic) bond motifs is 1. The number of para-hydroxylation sites is 2. The van der Waals surface area contributed by atoms with Crippen molar-refractivity contribution in [2.24, 2.45) is 0 Å². The summed E-state index contributed by atoms with van der Waals surface area (Å²) < 4.78 is 6.79. The number of benzene rings is 3. The van der Waals surface area contributed by atoms with Crippen molar-refractivity contribution >= 4 is 22.9 Å². The molecule has 7 heteroatoms. The van der Waals surface area contributed by atoms with Gasteiger partial charge in [0.25, 0.3) is 5.91 Å². The Morgan fingerprint density at radius 1 is 0.875 bits per heavy atom. The lowest BCUT2D eigenvalue weighted by molar-refractivity contribution is -0.142. The number of carbonyl (C=O) groups is 2. The van der Waals surface area contributed by atoms with E-state index in [2.05, 4.69) is 10.3 Å². The predicted octanol–water partition coefficient (Wildman–Crippen LogP) is 3.36. The number of nitrogens with zero attached hydrogens (tertiary/aromatic N) is 1. The molecule has 7 nitrogen and oxygen atoms in total. The van der Waals surface area contributed by atoms with E-state index in [0.29, 0.717) is 18.5 Å².